The molecule has 0 saturated carbocycles. The third-order valence-electron chi connectivity index (χ3n) is 5.02. The molecule has 30 heavy (non-hydrogen) atoms. The second kappa shape index (κ2) is 11.0. The Morgan fingerprint density at radius 1 is 0.867 bits per heavy atom. The van der Waals surface area contributed by atoms with Crippen molar-refractivity contribution < 1.29 is 14.2 Å². The number of rotatable bonds is 10. The second-order valence-corrected chi connectivity index (χ2v) is 7.92. The summed E-state index contributed by atoms with van der Waals surface area (Å²) in [6.45, 7) is 4.18. The normalized spacial score (nSPS) is 10.7. The van der Waals surface area contributed by atoms with Gasteiger partial charge in [-0.05, 0) is 76.3 Å². The quantitative estimate of drug-likeness (QED) is 0.387. The number of hydrogen-bond acceptors (Lipinski definition) is 4. The summed E-state index contributed by atoms with van der Waals surface area (Å²) in [5.41, 5.74) is 4.70. The van der Waals surface area contributed by atoms with Crippen molar-refractivity contribution in [2.45, 2.75) is 26.5 Å². The van der Waals surface area contributed by atoms with Gasteiger partial charge in [0.1, 0.15) is 12.4 Å². The van der Waals surface area contributed by atoms with Gasteiger partial charge in [-0.1, -0.05) is 42.5 Å². The number of benzene rings is 3. The first-order valence-electron chi connectivity index (χ1n) is 9.98. The molecule has 0 unspecified atom stereocenters. The molecule has 0 heterocycles. The van der Waals surface area contributed by atoms with E-state index in [0.717, 1.165) is 52.4 Å². The number of aryl methyl sites for hydroxylation is 1. The summed E-state index contributed by atoms with van der Waals surface area (Å²) in [7, 11) is 3.38. The first-order valence-corrected chi connectivity index (χ1v) is 10.8. The first kappa shape index (κ1) is 22.2. The summed E-state index contributed by atoms with van der Waals surface area (Å²) in [6, 6.07) is 20.4. The van der Waals surface area contributed by atoms with E-state index in [1.54, 1.807) is 14.2 Å². The molecule has 0 aromatic heterocycles. The zero-order chi connectivity index (χ0) is 21.3. The standard InChI is InChI=1S/C25H28BrNO3/c1-18-8-4-5-10-21(18)17-30-25-22(26)14-19(15-24(25)29-3)16-27-13-12-20-9-6-7-11-23(20)28-2/h4-11,14-15,27H,12-13,16-17H2,1-3H3. The van der Waals surface area contributed by atoms with Crippen LogP contribution in [0.25, 0.3) is 0 Å². The fourth-order valence-corrected chi connectivity index (χ4v) is 3.91. The lowest BCUT2D eigenvalue weighted by Gasteiger charge is -2.16. The molecule has 4 nitrogen and oxygen atoms in total. The van der Waals surface area contributed by atoms with Gasteiger partial charge in [-0.3, -0.25) is 0 Å². The number of hydrogen-bond donors (Lipinski definition) is 1. The SMILES string of the molecule is COc1ccccc1CCNCc1cc(Br)c(OCc2ccccc2C)c(OC)c1. The highest BCUT2D eigenvalue weighted by atomic mass is 79.9. The molecule has 0 spiro atoms. The minimum absolute atomic E-state index is 0.498. The summed E-state index contributed by atoms with van der Waals surface area (Å²) in [4.78, 5) is 0. The van der Waals surface area contributed by atoms with Gasteiger partial charge in [-0.15, -0.1) is 0 Å². The van der Waals surface area contributed by atoms with Gasteiger partial charge in [0, 0.05) is 6.54 Å². The zero-order valence-electron chi connectivity index (χ0n) is 17.7. The summed E-state index contributed by atoms with van der Waals surface area (Å²) in [5.74, 6) is 2.37. The predicted octanol–water partition coefficient (Wildman–Crippen LogP) is 5.69. The van der Waals surface area contributed by atoms with Crippen LogP contribution in [-0.2, 0) is 19.6 Å². The van der Waals surface area contributed by atoms with Gasteiger partial charge in [-0.2, -0.15) is 0 Å². The minimum atomic E-state index is 0.498. The second-order valence-electron chi connectivity index (χ2n) is 7.06. The van der Waals surface area contributed by atoms with E-state index in [1.807, 2.05) is 36.4 Å². The fraction of sp³-hybridized carbons (Fsp3) is 0.280. The third kappa shape index (κ3) is 5.77. The molecule has 0 atom stereocenters. The molecule has 3 aromatic carbocycles. The Morgan fingerprint density at radius 3 is 2.30 bits per heavy atom. The molecule has 0 saturated heterocycles. The van der Waals surface area contributed by atoms with Gasteiger partial charge in [0.05, 0.1) is 18.7 Å². The van der Waals surface area contributed by atoms with Crippen LogP contribution in [0.4, 0.5) is 0 Å². The highest BCUT2D eigenvalue weighted by Crippen LogP contribution is 2.37. The van der Waals surface area contributed by atoms with Crippen LogP contribution >= 0.6 is 15.9 Å². The Kier molecular flexibility index (Phi) is 8.17. The summed E-state index contributed by atoms with van der Waals surface area (Å²) in [5, 5.41) is 3.49. The zero-order valence-corrected chi connectivity index (χ0v) is 19.3. The summed E-state index contributed by atoms with van der Waals surface area (Å²) < 4.78 is 18.0. The third-order valence-corrected chi connectivity index (χ3v) is 5.60. The Labute approximate surface area is 187 Å². The van der Waals surface area contributed by atoms with Crippen LogP contribution in [0.1, 0.15) is 22.3 Å². The van der Waals surface area contributed by atoms with Crippen molar-refractivity contribution in [2.24, 2.45) is 0 Å². The first-order chi connectivity index (χ1) is 14.6. The molecule has 0 aliphatic rings. The molecule has 3 rings (SSSR count). The molecule has 0 aliphatic carbocycles. The smallest absolute Gasteiger partial charge is 0.175 e. The maximum atomic E-state index is 6.08. The van der Waals surface area contributed by atoms with E-state index in [9.17, 15) is 0 Å². The fourth-order valence-electron chi connectivity index (χ4n) is 3.30. The van der Waals surface area contributed by atoms with Gasteiger partial charge in [0.25, 0.3) is 0 Å². The van der Waals surface area contributed by atoms with E-state index in [1.165, 1.54) is 11.1 Å². The minimum Gasteiger partial charge on any atom is -0.496 e. The van der Waals surface area contributed by atoms with Gasteiger partial charge in [0.15, 0.2) is 11.5 Å². The van der Waals surface area contributed by atoms with E-state index in [4.69, 9.17) is 14.2 Å². The van der Waals surface area contributed by atoms with Gasteiger partial charge in [0.2, 0.25) is 0 Å². The summed E-state index contributed by atoms with van der Waals surface area (Å²) >= 11 is 3.65. The average molecular weight is 470 g/mol. The van der Waals surface area contributed by atoms with Crippen LogP contribution < -0.4 is 19.5 Å². The topological polar surface area (TPSA) is 39.7 Å². The van der Waals surface area contributed by atoms with Crippen LogP contribution in [0, 0.1) is 6.92 Å². The maximum absolute atomic E-state index is 6.08. The monoisotopic (exact) mass is 469 g/mol. The lowest BCUT2D eigenvalue weighted by Crippen LogP contribution is -2.17. The highest BCUT2D eigenvalue weighted by Gasteiger charge is 2.12. The number of para-hydroxylation sites is 1. The molecule has 5 heteroatoms. The van der Waals surface area contributed by atoms with E-state index in [2.05, 4.69) is 52.4 Å². The Morgan fingerprint density at radius 2 is 1.57 bits per heavy atom. The Balaban J connectivity index is 1.60. The van der Waals surface area contributed by atoms with E-state index in [-0.39, 0.29) is 0 Å². The predicted molar refractivity (Wildman–Crippen MR) is 125 cm³/mol. The lowest BCUT2D eigenvalue weighted by molar-refractivity contribution is 0.281. The van der Waals surface area contributed by atoms with Gasteiger partial charge in [-0.25, -0.2) is 0 Å². The van der Waals surface area contributed by atoms with Crippen molar-refractivity contribution >= 4 is 15.9 Å². The van der Waals surface area contributed by atoms with Crippen molar-refractivity contribution in [2.75, 3.05) is 20.8 Å². The summed E-state index contributed by atoms with van der Waals surface area (Å²) in [6.07, 6.45) is 0.903. The maximum Gasteiger partial charge on any atom is 0.175 e. The van der Waals surface area contributed by atoms with Crippen LogP contribution in [0.5, 0.6) is 17.2 Å². The average Bonchev–Trinajstić information content (AvgIpc) is 2.77. The Bertz CT molecular complexity index is 974. The van der Waals surface area contributed by atoms with Crippen molar-refractivity contribution in [1.29, 1.82) is 0 Å². The van der Waals surface area contributed by atoms with Crippen LogP contribution in [0.2, 0.25) is 0 Å². The number of halogens is 1. The molecular weight excluding hydrogens is 442 g/mol. The van der Waals surface area contributed by atoms with Crippen molar-refractivity contribution in [1.82, 2.24) is 5.32 Å². The van der Waals surface area contributed by atoms with Crippen LogP contribution in [0.15, 0.2) is 65.1 Å². The molecule has 0 bridgehead atoms. The van der Waals surface area contributed by atoms with Crippen molar-refractivity contribution in [3.63, 3.8) is 0 Å². The molecular formula is C25H28BrNO3. The van der Waals surface area contributed by atoms with Gasteiger partial charge < -0.3 is 19.5 Å². The number of methoxy groups -OCH3 is 2. The highest BCUT2D eigenvalue weighted by molar-refractivity contribution is 9.10. The molecule has 0 amide bonds. The van der Waals surface area contributed by atoms with Crippen molar-refractivity contribution in [3.05, 3.63) is 87.4 Å². The molecule has 3 aromatic rings. The van der Waals surface area contributed by atoms with E-state index in [0.29, 0.717) is 6.61 Å². The van der Waals surface area contributed by atoms with Crippen LogP contribution in [0.3, 0.4) is 0 Å². The molecule has 0 aliphatic heterocycles. The molecule has 158 valence electrons. The number of nitrogens with one attached hydrogen (secondary N) is 1. The van der Waals surface area contributed by atoms with Gasteiger partial charge >= 0.3 is 0 Å². The number of ether oxygens (including phenoxy) is 3. The molecule has 0 fully saturated rings. The molecule has 0 radical (unpaired) electrons. The molecule has 1 N–H and O–H groups in total. The largest absolute Gasteiger partial charge is 0.496 e. The van der Waals surface area contributed by atoms with E-state index < -0.39 is 0 Å². The van der Waals surface area contributed by atoms with Crippen molar-refractivity contribution in [3.8, 4) is 17.2 Å². The lowest BCUT2D eigenvalue weighted by atomic mass is 10.1. The van der Waals surface area contributed by atoms with Crippen LogP contribution in [-0.4, -0.2) is 20.8 Å². The van der Waals surface area contributed by atoms with E-state index >= 15 is 0 Å². The Hall–Kier alpha value is -2.50.